The Morgan fingerprint density at radius 3 is 2.78 bits per heavy atom. The molecule has 1 aromatic rings. The van der Waals surface area contributed by atoms with Crippen LogP contribution in [0.15, 0.2) is 18.2 Å². The van der Waals surface area contributed by atoms with Crippen molar-refractivity contribution in [1.29, 1.82) is 0 Å². The third-order valence-electron chi connectivity index (χ3n) is 2.81. The zero-order chi connectivity index (χ0) is 13.3. The number of carbonyl (C=O) groups is 1. The van der Waals surface area contributed by atoms with Crippen molar-refractivity contribution in [3.8, 4) is 0 Å². The molecule has 1 fully saturated rings. The summed E-state index contributed by atoms with van der Waals surface area (Å²) in [5, 5.41) is 20.0. The van der Waals surface area contributed by atoms with Crippen LogP contribution in [0.1, 0.15) is 11.7 Å². The lowest BCUT2D eigenvalue weighted by Gasteiger charge is -2.25. The molecule has 1 amide bonds. The number of carboxylic acid groups (broad SMARTS) is 1. The molecule has 0 saturated carbocycles. The lowest BCUT2D eigenvalue weighted by molar-refractivity contribution is 0.0721. The topological polar surface area (TPSA) is 60.8 Å². The number of nitrogens with zero attached hydrogens (tertiary/aromatic N) is 1. The normalized spacial score (nSPS) is 21.1. The molecular weight excluding hydrogens is 297 g/mol. The predicted octanol–water partition coefficient (Wildman–Crippen LogP) is 3.08. The van der Waals surface area contributed by atoms with Crippen molar-refractivity contribution in [2.24, 2.45) is 0 Å². The summed E-state index contributed by atoms with van der Waals surface area (Å²) in [6.07, 6.45) is -1.92. The highest BCUT2D eigenvalue weighted by Crippen LogP contribution is 2.33. The van der Waals surface area contributed by atoms with E-state index in [-0.39, 0.29) is 0 Å². The molecule has 98 valence electrons. The fraction of sp³-hybridized carbons (Fsp3) is 0.364. The summed E-state index contributed by atoms with van der Waals surface area (Å²) in [5.74, 6) is 0.937. The van der Waals surface area contributed by atoms with Crippen LogP contribution in [0, 0.1) is 0 Å². The zero-order valence-corrected chi connectivity index (χ0v) is 11.5. The van der Waals surface area contributed by atoms with Gasteiger partial charge in [-0.25, -0.2) is 4.79 Å². The van der Waals surface area contributed by atoms with Crippen molar-refractivity contribution in [2.75, 3.05) is 11.6 Å². The van der Waals surface area contributed by atoms with Crippen LogP contribution < -0.4 is 0 Å². The first-order valence-electron chi connectivity index (χ1n) is 5.21. The van der Waals surface area contributed by atoms with Gasteiger partial charge in [0.2, 0.25) is 0 Å². The summed E-state index contributed by atoms with van der Waals surface area (Å²) < 4.78 is 0. The van der Waals surface area contributed by atoms with Gasteiger partial charge in [-0.05, 0) is 17.7 Å². The van der Waals surface area contributed by atoms with Crippen molar-refractivity contribution >= 4 is 41.1 Å². The highest BCUT2D eigenvalue weighted by Gasteiger charge is 2.35. The molecular formula is C11H11Cl2NO3S. The highest BCUT2D eigenvalue weighted by atomic mass is 35.5. The molecule has 2 atom stereocenters. The predicted molar refractivity (Wildman–Crippen MR) is 72.4 cm³/mol. The average Bonchev–Trinajstić information content (AvgIpc) is 2.81. The lowest BCUT2D eigenvalue weighted by atomic mass is 10.0. The molecule has 0 radical (unpaired) electrons. The first-order chi connectivity index (χ1) is 8.50. The Hall–Kier alpha value is -0.620. The molecule has 0 spiro atoms. The Bertz CT molecular complexity index is 472. The third kappa shape index (κ3) is 2.69. The van der Waals surface area contributed by atoms with Crippen molar-refractivity contribution in [1.82, 2.24) is 4.90 Å². The fourth-order valence-electron chi connectivity index (χ4n) is 1.83. The van der Waals surface area contributed by atoms with Crippen LogP contribution in [0.2, 0.25) is 10.0 Å². The summed E-state index contributed by atoms with van der Waals surface area (Å²) >= 11 is 13.2. The molecule has 2 N–H and O–H groups in total. The summed E-state index contributed by atoms with van der Waals surface area (Å²) in [5.41, 5.74) is 0.572. The third-order valence-corrected chi connectivity index (χ3v) is 4.59. The van der Waals surface area contributed by atoms with Crippen LogP contribution in [-0.2, 0) is 0 Å². The van der Waals surface area contributed by atoms with Gasteiger partial charge in [-0.1, -0.05) is 29.3 Å². The van der Waals surface area contributed by atoms with Crippen LogP contribution in [0.3, 0.4) is 0 Å². The number of aliphatic hydroxyl groups is 1. The second-order valence-electron chi connectivity index (χ2n) is 3.94. The Morgan fingerprint density at radius 1 is 1.44 bits per heavy atom. The van der Waals surface area contributed by atoms with E-state index in [4.69, 9.17) is 28.3 Å². The maximum atomic E-state index is 11.0. The minimum atomic E-state index is -1.02. The van der Waals surface area contributed by atoms with E-state index in [0.717, 1.165) is 0 Å². The van der Waals surface area contributed by atoms with Crippen LogP contribution in [-0.4, -0.2) is 38.9 Å². The molecule has 7 heteroatoms. The molecule has 1 aliphatic heterocycles. The number of thioether (sulfide) groups is 1. The van der Waals surface area contributed by atoms with Gasteiger partial charge in [-0.3, -0.25) is 4.90 Å². The average molecular weight is 308 g/mol. The SMILES string of the molecule is O=C(O)N1CSC[C@H]1C(O)c1ccc(Cl)c(Cl)c1. The molecule has 1 unspecified atom stereocenters. The van der Waals surface area contributed by atoms with Crippen LogP contribution in [0.25, 0.3) is 0 Å². The molecule has 0 aliphatic carbocycles. The molecule has 0 bridgehead atoms. The molecule has 18 heavy (non-hydrogen) atoms. The van der Waals surface area contributed by atoms with E-state index in [0.29, 0.717) is 27.2 Å². The zero-order valence-electron chi connectivity index (χ0n) is 9.22. The Kier molecular flexibility index (Phi) is 4.27. The maximum absolute atomic E-state index is 11.0. The second kappa shape index (κ2) is 5.57. The van der Waals surface area contributed by atoms with E-state index in [1.807, 2.05) is 0 Å². The number of benzene rings is 1. The van der Waals surface area contributed by atoms with Gasteiger partial charge < -0.3 is 10.2 Å². The van der Waals surface area contributed by atoms with E-state index in [2.05, 4.69) is 0 Å². The molecule has 2 rings (SSSR count). The lowest BCUT2D eigenvalue weighted by Crippen LogP contribution is -2.39. The molecule has 1 aromatic carbocycles. The van der Waals surface area contributed by atoms with E-state index >= 15 is 0 Å². The van der Waals surface area contributed by atoms with Gasteiger partial charge in [0, 0.05) is 5.75 Å². The van der Waals surface area contributed by atoms with E-state index in [1.54, 1.807) is 18.2 Å². The largest absolute Gasteiger partial charge is 0.465 e. The van der Waals surface area contributed by atoms with Crippen molar-refractivity contribution in [3.63, 3.8) is 0 Å². The van der Waals surface area contributed by atoms with E-state index in [9.17, 15) is 9.90 Å². The second-order valence-corrected chi connectivity index (χ2v) is 5.75. The fourth-order valence-corrected chi connectivity index (χ4v) is 3.35. The number of aliphatic hydroxyl groups excluding tert-OH is 1. The van der Waals surface area contributed by atoms with Crippen LogP contribution in [0.4, 0.5) is 4.79 Å². The van der Waals surface area contributed by atoms with E-state index in [1.165, 1.54) is 16.7 Å². The monoisotopic (exact) mass is 307 g/mol. The number of halogens is 2. The highest BCUT2D eigenvalue weighted by molar-refractivity contribution is 7.99. The maximum Gasteiger partial charge on any atom is 0.408 e. The van der Waals surface area contributed by atoms with Gasteiger partial charge in [0.15, 0.2) is 0 Å². The Labute approximate surface area is 118 Å². The first kappa shape index (κ1) is 13.8. The summed E-state index contributed by atoms with van der Waals surface area (Å²) in [7, 11) is 0. The molecule has 0 aromatic heterocycles. The van der Waals surface area contributed by atoms with Crippen LogP contribution in [0.5, 0.6) is 0 Å². The molecule has 1 heterocycles. The van der Waals surface area contributed by atoms with Crippen LogP contribution >= 0.6 is 35.0 Å². The minimum absolute atomic E-state index is 0.348. The molecule has 1 aliphatic rings. The Balaban J connectivity index is 2.22. The minimum Gasteiger partial charge on any atom is -0.465 e. The van der Waals surface area contributed by atoms with Crippen molar-refractivity contribution in [2.45, 2.75) is 12.1 Å². The van der Waals surface area contributed by atoms with Gasteiger partial charge in [-0.2, -0.15) is 0 Å². The van der Waals surface area contributed by atoms with Gasteiger partial charge in [-0.15, -0.1) is 11.8 Å². The standard InChI is InChI=1S/C11H11Cl2NO3S/c12-7-2-1-6(3-8(7)13)10(15)9-4-18-5-14(9)11(16)17/h1-3,9-10,15H,4-5H2,(H,16,17)/t9-,10?/m0/s1. The quantitative estimate of drug-likeness (QED) is 0.881. The number of hydrogen-bond donors (Lipinski definition) is 2. The summed E-state index contributed by atoms with van der Waals surface area (Å²) in [6, 6.07) is 4.36. The Morgan fingerprint density at radius 2 is 2.17 bits per heavy atom. The van der Waals surface area contributed by atoms with Crippen molar-refractivity contribution in [3.05, 3.63) is 33.8 Å². The number of hydrogen-bond acceptors (Lipinski definition) is 3. The number of amides is 1. The van der Waals surface area contributed by atoms with Gasteiger partial charge >= 0.3 is 6.09 Å². The smallest absolute Gasteiger partial charge is 0.408 e. The summed E-state index contributed by atoms with van der Waals surface area (Å²) in [6.45, 7) is 0. The van der Waals surface area contributed by atoms with Crippen molar-refractivity contribution < 1.29 is 15.0 Å². The van der Waals surface area contributed by atoms with Gasteiger partial charge in [0.25, 0.3) is 0 Å². The van der Waals surface area contributed by atoms with E-state index < -0.39 is 18.2 Å². The molecule has 1 saturated heterocycles. The number of rotatable bonds is 2. The van der Waals surface area contributed by atoms with Gasteiger partial charge in [0.1, 0.15) is 6.10 Å². The summed E-state index contributed by atoms with van der Waals surface area (Å²) in [4.78, 5) is 12.3. The van der Waals surface area contributed by atoms with Gasteiger partial charge in [0.05, 0.1) is 22.0 Å². The first-order valence-corrected chi connectivity index (χ1v) is 7.12. The molecule has 4 nitrogen and oxygen atoms in total.